The van der Waals surface area contributed by atoms with Crippen molar-refractivity contribution in [2.45, 2.75) is 32.6 Å². The van der Waals surface area contributed by atoms with Gasteiger partial charge in [-0.25, -0.2) is 4.98 Å². The first-order valence-corrected chi connectivity index (χ1v) is 9.51. The van der Waals surface area contributed by atoms with Gasteiger partial charge in [-0.2, -0.15) is 0 Å². The van der Waals surface area contributed by atoms with Gasteiger partial charge in [-0.05, 0) is 44.5 Å². The Hall–Kier alpha value is -2.54. The van der Waals surface area contributed by atoms with Crippen LogP contribution in [0.15, 0.2) is 35.1 Å². The van der Waals surface area contributed by atoms with Gasteiger partial charge in [-0.15, -0.1) is 11.8 Å². The molecule has 1 atom stereocenters. The van der Waals surface area contributed by atoms with Crippen LogP contribution in [-0.4, -0.2) is 26.6 Å². The third-order valence-electron chi connectivity index (χ3n) is 4.21. The van der Waals surface area contributed by atoms with Gasteiger partial charge in [-0.1, -0.05) is 12.1 Å². The van der Waals surface area contributed by atoms with E-state index in [9.17, 15) is 9.59 Å². The molecule has 2 heterocycles. The van der Waals surface area contributed by atoms with E-state index in [4.69, 9.17) is 0 Å². The Labute approximate surface area is 155 Å². The standard InChI is InChI=1S/C19H22N4O2S/c1-11-8-12(2)21-19(25)14(11)9-20-17(24)10-26-13(3)18-22-15-6-4-5-7-16(15)23-18/h4-8,13H,9-10H2,1-3H3,(H,20,24)(H,21,25)(H,22,23)/t13-/m0/s1. The Morgan fingerprint density at radius 3 is 2.77 bits per heavy atom. The molecule has 0 bridgehead atoms. The lowest BCUT2D eigenvalue weighted by atomic mass is 10.1. The molecule has 1 amide bonds. The molecule has 3 aromatic rings. The van der Waals surface area contributed by atoms with Crippen LogP contribution in [0.25, 0.3) is 11.0 Å². The molecule has 0 aliphatic heterocycles. The van der Waals surface area contributed by atoms with E-state index in [1.807, 2.05) is 51.1 Å². The number of carbonyl (C=O) groups excluding carboxylic acids is 1. The van der Waals surface area contributed by atoms with E-state index >= 15 is 0 Å². The molecule has 26 heavy (non-hydrogen) atoms. The molecule has 7 heteroatoms. The maximum atomic E-state index is 12.1. The van der Waals surface area contributed by atoms with Gasteiger partial charge >= 0.3 is 0 Å². The number of imidazole rings is 1. The predicted molar refractivity (Wildman–Crippen MR) is 105 cm³/mol. The van der Waals surface area contributed by atoms with Crippen molar-refractivity contribution in [2.75, 3.05) is 5.75 Å². The Bertz CT molecular complexity index is 960. The number of aromatic amines is 2. The molecule has 0 radical (unpaired) electrons. The second-order valence-electron chi connectivity index (χ2n) is 6.31. The minimum atomic E-state index is -0.147. The number of pyridine rings is 1. The largest absolute Gasteiger partial charge is 0.351 e. The fourth-order valence-electron chi connectivity index (χ4n) is 2.78. The number of nitrogens with one attached hydrogen (secondary N) is 3. The van der Waals surface area contributed by atoms with Crippen LogP contribution in [0.2, 0.25) is 0 Å². The zero-order valence-electron chi connectivity index (χ0n) is 15.1. The van der Waals surface area contributed by atoms with Crippen molar-refractivity contribution in [3.05, 3.63) is 63.3 Å². The predicted octanol–water partition coefficient (Wildman–Crippen LogP) is 2.98. The van der Waals surface area contributed by atoms with Crippen molar-refractivity contribution >= 4 is 28.7 Å². The van der Waals surface area contributed by atoms with E-state index in [1.54, 1.807) is 0 Å². The molecular weight excluding hydrogens is 348 g/mol. The third kappa shape index (κ3) is 4.16. The summed E-state index contributed by atoms with van der Waals surface area (Å²) in [5, 5.41) is 2.89. The number of hydrogen-bond acceptors (Lipinski definition) is 4. The number of nitrogens with zero attached hydrogens (tertiary/aromatic N) is 1. The molecule has 136 valence electrons. The molecule has 0 spiro atoms. The molecule has 6 nitrogen and oxygen atoms in total. The van der Waals surface area contributed by atoms with Crippen molar-refractivity contribution in [1.82, 2.24) is 20.3 Å². The Morgan fingerprint density at radius 2 is 2.04 bits per heavy atom. The number of rotatable bonds is 6. The van der Waals surface area contributed by atoms with E-state index in [1.165, 1.54) is 11.8 Å². The van der Waals surface area contributed by atoms with Crippen LogP contribution in [0.5, 0.6) is 0 Å². The van der Waals surface area contributed by atoms with Crippen LogP contribution in [0.4, 0.5) is 0 Å². The first-order chi connectivity index (χ1) is 12.4. The summed E-state index contributed by atoms with van der Waals surface area (Å²) in [6, 6.07) is 9.76. The van der Waals surface area contributed by atoms with E-state index in [2.05, 4.69) is 20.3 Å². The van der Waals surface area contributed by atoms with Gasteiger partial charge in [0.05, 0.1) is 22.0 Å². The summed E-state index contributed by atoms with van der Waals surface area (Å²) in [5.74, 6) is 1.06. The number of H-pyrrole nitrogens is 2. The molecule has 2 aromatic heterocycles. The number of aryl methyl sites for hydroxylation is 2. The Kier molecular flexibility index (Phi) is 5.46. The van der Waals surface area contributed by atoms with Gasteiger partial charge in [0, 0.05) is 17.8 Å². The average molecular weight is 370 g/mol. The van der Waals surface area contributed by atoms with Crippen LogP contribution >= 0.6 is 11.8 Å². The fourth-order valence-corrected chi connectivity index (χ4v) is 3.56. The molecular formula is C19H22N4O2S. The second kappa shape index (κ2) is 7.78. The van der Waals surface area contributed by atoms with Gasteiger partial charge in [0.15, 0.2) is 0 Å². The van der Waals surface area contributed by atoms with Crippen LogP contribution in [0.3, 0.4) is 0 Å². The van der Waals surface area contributed by atoms with E-state index < -0.39 is 0 Å². The highest BCUT2D eigenvalue weighted by molar-refractivity contribution is 8.00. The molecule has 0 fully saturated rings. The maximum Gasteiger partial charge on any atom is 0.253 e. The van der Waals surface area contributed by atoms with Gasteiger partial charge in [0.25, 0.3) is 5.56 Å². The van der Waals surface area contributed by atoms with Crippen molar-refractivity contribution in [3.8, 4) is 0 Å². The number of thioether (sulfide) groups is 1. The van der Waals surface area contributed by atoms with Gasteiger partial charge < -0.3 is 15.3 Å². The van der Waals surface area contributed by atoms with Crippen molar-refractivity contribution in [3.63, 3.8) is 0 Å². The normalized spacial score (nSPS) is 12.3. The first-order valence-electron chi connectivity index (χ1n) is 8.46. The van der Waals surface area contributed by atoms with Crippen molar-refractivity contribution < 1.29 is 4.79 Å². The summed E-state index contributed by atoms with van der Waals surface area (Å²) in [5.41, 5.74) is 4.07. The molecule has 3 N–H and O–H groups in total. The topological polar surface area (TPSA) is 90.6 Å². The summed E-state index contributed by atoms with van der Waals surface area (Å²) in [7, 11) is 0. The summed E-state index contributed by atoms with van der Waals surface area (Å²) in [6.45, 7) is 5.97. The van der Waals surface area contributed by atoms with Crippen molar-refractivity contribution in [1.29, 1.82) is 0 Å². The number of carbonyl (C=O) groups is 1. The molecule has 0 aliphatic rings. The fraction of sp³-hybridized carbons (Fsp3) is 0.316. The number of para-hydroxylation sites is 2. The molecule has 1 aromatic carbocycles. The van der Waals surface area contributed by atoms with Gasteiger partial charge in [0.1, 0.15) is 5.82 Å². The lowest BCUT2D eigenvalue weighted by Crippen LogP contribution is -2.29. The number of aromatic nitrogens is 3. The number of benzene rings is 1. The average Bonchev–Trinajstić information content (AvgIpc) is 3.03. The highest BCUT2D eigenvalue weighted by atomic mass is 32.2. The maximum absolute atomic E-state index is 12.1. The van der Waals surface area contributed by atoms with Crippen LogP contribution in [-0.2, 0) is 11.3 Å². The molecule has 0 saturated heterocycles. The highest BCUT2D eigenvalue weighted by Gasteiger charge is 2.14. The van der Waals surface area contributed by atoms with E-state index in [-0.39, 0.29) is 23.3 Å². The smallest absolute Gasteiger partial charge is 0.253 e. The van der Waals surface area contributed by atoms with Crippen LogP contribution in [0.1, 0.15) is 34.8 Å². The summed E-state index contributed by atoms with van der Waals surface area (Å²) in [4.78, 5) is 34.7. The van der Waals surface area contributed by atoms with E-state index in [0.29, 0.717) is 11.3 Å². The summed E-state index contributed by atoms with van der Waals surface area (Å²) in [6.07, 6.45) is 0. The number of hydrogen-bond donors (Lipinski definition) is 3. The minimum Gasteiger partial charge on any atom is -0.351 e. The monoisotopic (exact) mass is 370 g/mol. The molecule has 0 unspecified atom stereocenters. The van der Waals surface area contributed by atoms with Crippen LogP contribution in [0, 0.1) is 13.8 Å². The quantitative estimate of drug-likeness (QED) is 0.622. The summed E-state index contributed by atoms with van der Waals surface area (Å²) >= 11 is 1.51. The molecule has 0 aliphatic carbocycles. The Balaban J connectivity index is 1.55. The SMILES string of the molecule is Cc1cc(C)c(CNC(=O)CS[C@@H](C)c2nc3ccccc3[nH]2)c(=O)[nH]1. The molecule has 3 rings (SSSR count). The third-order valence-corrected chi connectivity index (χ3v) is 5.37. The number of fused-ring (bicyclic) bond motifs is 1. The molecule has 0 saturated carbocycles. The van der Waals surface area contributed by atoms with Crippen molar-refractivity contribution in [2.24, 2.45) is 0 Å². The first kappa shape index (κ1) is 18.3. The minimum absolute atomic E-state index is 0.0673. The number of amides is 1. The van der Waals surface area contributed by atoms with Crippen LogP contribution < -0.4 is 10.9 Å². The Morgan fingerprint density at radius 1 is 1.27 bits per heavy atom. The summed E-state index contributed by atoms with van der Waals surface area (Å²) < 4.78 is 0. The van der Waals surface area contributed by atoms with E-state index in [0.717, 1.165) is 28.1 Å². The lowest BCUT2D eigenvalue weighted by Gasteiger charge is -2.10. The van der Waals surface area contributed by atoms with Gasteiger partial charge in [0.2, 0.25) is 5.91 Å². The highest BCUT2D eigenvalue weighted by Crippen LogP contribution is 2.27. The zero-order valence-corrected chi connectivity index (χ0v) is 15.9. The lowest BCUT2D eigenvalue weighted by molar-refractivity contribution is -0.118. The second-order valence-corrected chi connectivity index (χ2v) is 7.64. The van der Waals surface area contributed by atoms with Gasteiger partial charge in [-0.3, -0.25) is 9.59 Å². The zero-order chi connectivity index (χ0) is 18.7.